The van der Waals surface area contributed by atoms with Crippen molar-refractivity contribution in [3.63, 3.8) is 0 Å². The van der Waals surface area contributed by atoms with E-state index < -0.39 is 0 Å². The summed E-state index contributed by atoms with van der Waals surface area (Å²) in [6.45, 7) is 6.35. The van der Waals surface area contributed by atoms with Crippen LogP contribution in [0.1, 0.15) is 13.8 Å². The predicted molar refractivity (Wildman–Crippen MR) is 30.7 cm³/mol. The van der Waals surface area contributed by atoms with Crippen LogP contribution in [0.15, 0.2) is 6.58 Å². The third-order valence-electron chi connectivity index (χ3n) is 0. The molecule has 0 atom stereocenters. The van der Waals surface area contributed by atoms with Crippen molar-refractivity contribution >= 4 is 5.87 Å². The summed E-state index contributed by atoms with van der Waals surface area (Å²) in [5.74, 6) is 1.75. The molecule has 0 saturated carbocycles. The predicted octanol–water partition coefficient (Wildman–Crippen LogP) is 0.808. The number of aliphatic hydroxyl groups is 1. The van der Waals surface area contributed by atoms with Crippen molar-refractivity contribution in [1.29, 1.82) is 5.41 Å². The van der Waals surface area contributed by atoms with E-state index in [-0.39, 0.29) is 6.10 Å². The molecule has 2 nitrogen and oxygen atoms in total. The van der Waals surface area contributed by atoms with E-state index >= 15 is 0 Å². The van der Waals surface area contributed by atoms with Gasteiger partial charge >= 0.3 is 0 Å². The fraction of sp³-hybridized carbons (Fsp3) is 0.600. The average molecular weight is 101 g/mol. The molecule has 42 valence electrons. The Morgan fingerprint density at radius 3 is 1.71 bits per heavy atom. The minimum absolute atomic E-state index is 0.167. The molecule has 0 radical (unpaired) electrons. The van der Waals surface area contributed by atoms with Crippen LogP contribution in [-0.4, -0.2) is 17.1 Å². The summed E-state index contributed by atoms with van der Waals surface area (Å²) in [6.07, 6.45) is -0.167. The molecule has 0 aliphatic rings. The Hall–Kier alpha value is -0.590. The van der Waals surface area contributed by atoms with E-state index in [1.165, 1.54) is 0 Å². The highest BCUT2D eigenvalue weighted by atomic mass is 16.3. The van der Waals surface area contributed by atoms with Gasteiger partial charge in [0.05, 0.1) is 0 Å². The molecule has 0 saturated heterocycles. The molecule has 0 aromatic heterocycles. The Kier molecular flexibility index (Phi) is 12.5. The Morgan fingerprint density at radius 1 is 1.71 bits per heavy atom. The first-order valence-corrected chi connectivity index (χ1v) is 2.02. The van der Waals surface area contributed by atoms with E-state index in [4.69, 9.17) is 10.5 Å². The quantitative estimate of drug-likeness (QED) is 0.436. The molecule has 0 unspecified atom stereocenters. The second-order valence-electron chi connectivity index (χ2n) is 1.27. The van der Waals surface area contributed by atoms with Crippen LogP contribution in [0.3, 0.4) is 0 Å². The van der Waals surface area contributed by atoms with Crippen molar-refractivity contribution in [2.24, 2.45) is 0 Å². The molecule has 0 heterocycles. The van der Waals surface area contributed by atoms with E-state index in [2.05, 4.69) is 6.58 Å². The van der Waals surface area contributed by atoms with Crippen molar-refractivity contribution in [3.8, 4) is 0 Å². The summed E-state index contributed by atoms with van der Waals surface area (Å²) < 4.78 is 0. The number of aliphatic hydroxyl groups excluding tert-OH is 1. The number of hydrogen-bond donors (Lipinski definition) is 2. The van der Waals surface area contributed by atoms with Gasteiger partial charge < -0.3 is 5.11 Å². The van der Waals surface area contributed by atoms with Crippen LogP contribution in [0.25, 0.3) is 0 Å². The van der Waals surface area contributed by atoms with Crippen LogP contribution in [0.5, 0.6) is 0 Å². The first-order valence-electron chi connectivity index (χ1n) is 2.02. The van der Waals surface area contributed by atoms with E-state index in [0.717, 1.165) is 0 Å². The van der Waals surface area contributed by atoms with Gasteiger partial charge in [0, 0.05) is 6.10 Å². The average Bonchev–Trinajstić information content (AvgIpc) is 1.33. The topological polar surface area (TPSA) is 44.1 Å². The third kappa shape index (κ3) is 181. The van der Waals surface area contributed by atoms with E-state index in [1.807, 2.05) is 0 Å². The molecule has 0 aliphatic carbocycles. The van der Waals surface area contributed by atoms with Gasteiger partial charge in [-0.25, -0.2) is 0 Å². The van der Waals surface area contributed by atoms with Gasteiger partial charge in [-0.05, 0) is 26.3 Å². The van der Waals surface area contributed by atoms with Crippen LogP contribution in [0, 0.1) is 5.41 Å². The summed E-state index contributed by atoms with van der Waals surface area (Å²) in [6, 6.07) is 0. The number of nitrogens with one attached hydrogen (secondary N) is 1. The standard InChI is InChI=1S/C3H8O.C2H3N/c1-3(2)4;1-2-3/h3-4H,1-2H3;3H,1H2. The van der Waals surface area contributed by atoms with Crippen molar-refractivity contribution < 1.29 is 5.11 Å². The summed E-state index contributed by atoms with van der Waals surface area (Å²) in [7, 11) is 0. The highest BCUT2D eigenvalue weighted by Crippen LogP contribution is 1.65. The van der Waals surface area contributed by atoms with Crippen LogP contribution in [-0.2, 0) is 0 Å². The molecule has 0 bridgehead atoms. The van der Waals surface area contributed by atoms with Crippen molar-refractivity contribution in [2.75, 3.05) is 0 Å². The Balaban J connectivity index is 0. The van der Waals surface area contributed by atoms with E-state index in [0.29, 0.717) is 0 Å². The molecular weight excluding hydrogens is 90.1 g/mol. The van der Waals surface area contributed by atoms with Gasteiger partial charge in [0.15, 0.2) is 0 Å². The summed E-state index contributed by atoms with van der Waals surface area (Å²) in [5, 5.41) is 13.9. The van der Waals surface area contributed by atoms with Gasteiger partial charge in [0.1, 0.15) is 0 Å². The minimum Gasteiger partial charge on any atom is -0.394 e. The molecule has 7 heavy (non-hydrogen) atoms. The lowest BCUT2D eigenvalue weighted by Gasteiger charge is -1.80. The Morgan fingerprint density at radius 2 is 1.71 bits per heavy atom. The maximum Gasteiger partial charge on any atom is 0.0483 e. The molecule has 0 fully saturated rings. The summed E-state index contributed by atoms with van der Waals surface area (Å²) in [5.41, 5.74) is 0. The SMILES string of the molecule is C=C=N.CC(C)O. The van der Waals surface area contributed by atoms with Gasteiger partial charge in [0.25, 0.3) is 0 Å². The highest BCUT2D eigenvalue weighted by Gasteiger charge is 1.69. The zero-order chi connectivity index (χ0) is 6.28. The second-order valence-corrected chi connectivity index (χ2v) is 1.27. The Bertz CT molecular complexity index is 50.3. The zero-order valence-corrected chi connectivity index (χ0v) is 4.73. The maximum atomic E-state index is 8.06. The smallest absolute Gasteiger partial charge is 0.0483 e. The second kappa shape index (κ2) is 9.05. The normalized spacial score (nSPS) is 6.29. The largest absolute Gasteiger partial charge is 0.394 e. The third-order valence-corrected chi connectivity index (χ3v) is 0. The molecule has 2 heteroatoms. The lowest BCUT2D eigenvalue weighted by molar-refractivity contribution is 0.216. The summed E-state index contributed by atoms with van der Waals surface area (Å²) >= 11 is 0. The molecular formula is C5H11NO. The van der Waals surface area contributed by atoms with E-state index in [1.54, 1.807) is 19.7 Å². The Labute approximate surface area is 44.0 Å². The molecule has 0 rings (SSSR count). The molecule has 0 amide bonds. The van der Waals surface area contributed by atoms with Crippen molar-refractivity contribution in [3.05, 3.63) is 6.58 Å². The molecule has 0 aromatic rings. The molecule has 0 aromatic carbocycles. The lowest BCUT2D eigenvalue weighted by atomic mass is 10.5. The van der Waals surface area contributed by atoms with Crippen molar-refractivity contribution in [2.45, 2.75) is 20.0 Å². The monoisotopic (exact) mass is 101 g/mol. The van der Waals surface area contributed by atoms with Gasteiger partial charge in [-0.1, -0.05) is 0 Å². The highest BCUT2D eigenvalue weighted by molar-refractivity contribution is 5.41. The van der Waals surface area contributed by atoms with Gasteiger partial charge in [-0.15, -0.1) is 0 Å². The van der Waals surface area contributed by atoms with Crippen LogP contribution in [0.2, 0.25) is 0 Å². The molecule has 2 N–H and O–H groups in total. The number of rotatable bonds is 0. The van der Waals surface area contributed by atoms with Crippen molar-refractivity contribution in [1.82, 2.24) is 0 Å². The fourth-order valence-corrected chi connectivity index (χ4v) is 0. The van der Waals surface area contributed by atoms with Crippen LogP contribution >= 0.6 is 0 Å². The molecule has 0 spiro atoms. The summed E-state index contributed by atoms with van der Waals surface area (Å²) in [4.78, 5) is 0. The van der Waals surface area contributed by atoms with Gasteiger partial charge in [-0.3, -0.25) is 5.41 Å². The molecule has 0 aliphatic heterocycles. The van der Waals surface area contributed by atoms with Gasteiger partial charge in [0.2, 0.25) is 0 Å². The van der Waals surface area contributed by atoms with E-state index in [9.17, 15) is 0 Å². The lowest BCUT2D eigenvalue weighted by Crippen LogP contribution is -1.85. The zero-order valence-electron chi connectivity index (χ0n) is 4.73. The van der Waals surface area contributed by atoms with Gasteiger partial charge in [-0.2, -0.15) is 0 Å². The van der Waals surface area contributed by atoms with Crippen LogP contribution in [0.4, 0.5) is 0 Å². The maximum absolute atomic E-state index is 8.06. The minimum atomic E-state index is -0.167. The fourth-order valence-electron chi connectivity index (χ4n) is 0. The first-order chi connectivity index (χ1) is 3.15. The first kappa shape index (κ1) is 9.65. The van der Waals surface area contributed by atoms with Crippen LogP contribution < -0.4 is 0 Å². The number of hydrogen-bond acceptors (Lipinski definition) is 2.